The SMILES string of the molecule is CN(CCC(=O)O)c1cc(=O)n2ccccc2n1. The van der Waals surface area contributed by atoms with Crippen molar-refractivity contribution in [3.05, 3.63) is 40.8 Å². The summed E-state index contributed by atoms with van der Waals surface area (Å²) < 4.78 is 1.44. The first-order chi connectivity index (χ1) is 8.58. The highest BCUT2D eigenvalue weighted by molar-refractivity contribution is 5.67. The van der Waals surface area contributed by atoms with Crippen molar-refractivity contribution in [1.29, 1.82) is 0 Å². The van der Waals surface area contributed by atoms with Crippen molar-refractivity contribution in [3.63, 3.8) is 0 Å². The van der Waals surface area contributed by atoms with Gasteiger partial charge in [-0.3, -0.25) is 14.0 Å². The van der Waals surface area contributed by atoms with E-state index in [9.17, 15) is 9.59 Å². The molecule has 0 unspecified atom stereocenters. The largest absolute Gasteiger partial charge is 0.481 e. The summed E-state index contributed by atoms with van der Waals surface area (Å²) in [5.41, 5.74) is 0.361. The molecule has 0 aliphatic carbocycles. The molecule has 94 valence electrons. The zero-order valence-electron chi connectivity index (χ0n) is 9.91. The van der Waals surface area contributed by atoms with Gasteiger partial charge in [0.15, 0.2) is 0 Å². The van der Waals surface area contributed by atoms with Crippen LogP contribution in [0.25, 0.3) is 5.65 Å². The molecule has 2 aromatic rings. The zero-order valence-corrected chi connectivity index (χ0v) is 9.91. The Labute approximate surface area is 103 Å². The van der Waals surface area contributed by atoms with Gasteiger partial charge in [-0.15, -0.1) is 0 Å². The smallest absolute Gasteiger partial charge is 0.305 e. The van der Waals surface area contributed by atoms with E-state index in [1.54, 1.807) is 36.3 Å². The van der Waals surface area contributed by atoms with E-state index in [1.807, 2.05) is 0 Å². The monoisotopic (exact) mass is 247 g/mol. The lowest BCUT2D eigenvalue weighted by atomic mass is 10.4. The molecule has 18 heavy (non-hydrogen) atoms. The van der Waals surface area contributed by atoms with Gasteiger partial charge in [-0.25, -0.2) is 4.98 Å². The fourth-order valence-corrected chi connectivity index (χ4v) is 1.61. The Morgan fingerprint density at radius 3 is 3.00 bits per heavy atom. The van der Waals surface area contributed by atoms with Crippen LogP contribution in [0.5, 0.6) is 0 Å². The van der Waals surface area contributed by atoms with Gasteiger partial charge in [-0.1, -0.05) is 6.07 Å². The molecular formula is C12H13N3O3. The average Bonchev–Trinajstić information content (AvgIpc) is 2.36. The number of aromatic nitrogens is 2. The number of rotatable bonds is 4. The van der Waals surface area contributed by atoms with Crippen LogP contribution in [-0.4, -0.2) is 34.1 Å². The first-order valence-electron chi connectivity index (χ1n) is 5.49. The number of carbonyl (C=O) groups is 1. The van der Waals surface area contributed by atoms with E-state index in [-0.39, 0.29) is 12.0 Å². The zero-order chi connectivity index (χ0) is 13.1. The molecule has 0 saturated heterocycles. The molecular weight excluding hydrogens is 234 g/mol. The minimum Gasteiger partial charge on any atom is -0.481 e. The van der Waals surface area contributed by atoms with Gasteiger partial charge in [0.05, 0.1) is 6.42 Å². The lowest BCUT2D eigenvalue weighted by Gasteiger charge is -2.17. The molecule has 0 aliphatic heterocycles. The summed E-state index contributed by atoms with van der Waals surface area (Å²) in [7, 11) is 1.71. The van der Waals surface area contributed by atoms with Gasteiger partial charge in [0, 0.05) is 25.9 Å². The van der Waals surface area contributed by atoms with Crippen molar-refractivity contribution < 1.29 is 9.90 Å². The highest BCUT2D eigenvalue weighted by Gasteiger charge is 2.07. The topological polar surface area (TPSA) is 74.9 Å². The van der Waals surface area contributed by atoms with Gasteiger partial charge >= 0.3 is 5.97 Å². The van der Waals surface area contributed by atoms with E-state index in [1.165, 1.54) is 10.5 Å². The number of hydrogen-bond donors (Lipinski definition) is 1. The van der Waals surface area contributed by atoms with Crippen LogP contribution in [0.3, 0.4) is 0 Å². The third kappa shape index (κ3) is 2.48. The molecule has 2 rings (SSSR count). The molecule has 0 spiro atoms. The van der Waals surface area contributed by atoms with Gasteiger partial charge in [0.25, 0.3) is 5.56 Å². The first kappa shape index (κ1) is 12.1. The van der Waals surface area contributed by atoms with Crippen molar-refractivity contribution in [2.24, 2.45) is 0 Å². The van der Waals surface area contributed by atoms with Gasteiger partial charge in [0.2, 0.25) is 0 Å². The summed E-state index contributed by atoms with van der Waals surface area (Å²) in [6.07, 6.45) is 1.65. The van der Waals surface area contributed by atoms with Crippen LogP contribution in [0, 0.1) is 0 Å². The minimum atomic E-state index is -0.876. The second-order valence-electron chi connectivity index (χ2n) is 3.95. The number of pyridine rings is 1. The number of aliphatic carboxylic acids is 1. The minimum absolute atomic E-state index is 0.00629. The van der Waals surface area contributed by atoms with E-state index in [0.717, 1.165) is 0 Å². The maximum atomic E-state index is 11.8. The summed E-state index contributed by atoms with van der Waals surface area (Å²) in [6.45, 7) is 0.310. The van der Waals surface area contributed by atoms with Crippen LogP contribution >= 0.6 is 0 Å². The molecule has 0 atom stereocenters. The summed E-state index contributed by atoms with van der Waals surface area (Å²) in [6, 6.07) is 6.68. The molecule has 0 bridgehead atoms. The van der Waals surface area contributed by atoms with Crippen molar-refractivity contribution in [3.8, 4) is 0 Å². The van der Waals surface area contributed by atoms with Crippen molar-refractivity contribution in [2.45, 2.75) is 6.42 Å². The highest BCUT2D eigenvalue weighted by Crippen LogP contribution is 2.08. The molecule has 0 fully saturated rings. The third-order valence-corrected chi connectivity index (χ3v) is 2.61. The van der Waals surface area contributed by atoms with Crippen LogP contribution < -0.4 is 10.5 Å². The summed E-state index contributed by atoms with van der Waals surface area (Å²) in [4.78, 5) is 28.3. The fraction of sp³-hybridized carbons (Fsp3) is 0.250. The van der Waals surface area contributed by atoms with Crippen molar-refractivity contribution >= 4 is 17.4 Å². The number of hydrogen-bond acceptors (Lipinski definition) is 4. The summed E-state index contributed by atoms with van der Waals surface area (Å²) in [5, 5.41) is 8.62. The van der Waals surface area contributed by atoms with Crippen LogP contribution in [0.15, 0.2) is 35.3 Å². The van der Waals surface area contributed by atoms with Crippen LogP contribution in [0.2, 0.25) is 0 Å². The Hall–Kier alpha value is -2.37. The second-order valence-corrected chi connectivity index (χ2v) is 3.95. The van der Waals surface area contributed by atoms with E-state index < -0.39 is 5.97 Å². The summed E-state index contributed by atoms with van der Waals surface area (Å²) >= 11 is 0. The van der Waals surface area contributed by atoms with E-state index >= 15 is 0 Å². The molecule has 0 radical (unpaired) electrons. The lowest BCUT2D eigenvalue weighted by molar-refractivity contribution is -0.136. The van der Waals surface area contributed by atoms with Gasteiger partial charge in [-0.2, -0.15) is 0 Å². The predicted octanol–water partition coefficient (Wildman–Crippen LogP) is 0.605. The Balaban J connectivity index is 2.34. The molecule has 0 saturated carbocycles. The van der Waals surface area contributed by atoms with Gasteiger partial charge in [0.1, 0.15) is 11.5 Å². The number of carboxylic acid groups (broad SMARTS) is 1. The highest BCUT2D eigenvalue weighted by atomic mass is 16.4. The number of fused-ring (bicyclic) bond motifs is 1. The molecule has 0 amide bonds. The fourth-order valence-electron chi connectivity index (χ4n) is 1.61. The standard InChI is InChI=1S/C12H13N3O3/c1-14(7-5-12(17)18)10-8-11(16)15-6-3-2-4-9(15)13-10/h2-4,6,8H,5,7H2,1H3,(H,17,18). The van der Waals surface area contributed by atoms with Crippen LogP contribution in [0.4, 0.5) is 5.82 Å². The van der Waals surface area contributed by atoms with Crippen molar-refractivity contribution in [2.75, 3.05) is 18.5 Å². The molecule has 0 aliphatic rings. The van der Waals surface area contributed by atoms with Gasteiger partial charge in [-0.05, 0) is 12.1 Å². The quantitative estimate of drug-likeness (QED) is 0.856. The maximum absolute atomic E-state index is 11.8. The number of carboxylic acids is 1. The van der Waals surface area contributed by atoms with Crippen LogP contribution in [0.1, 0.15) is 6.42 Å². The Kier molecular flexibility index (Phi) is 3.27. The molecule has 1 N–H and O–H groups in total. The second kappa shape index (κ2) is 4.87. The molecule has 2 aromatic heterocycles. The lowest BCUT2D eigenvalue weighted by Crippen LogP contribution is -2.25. The van der Waals surface area contributed by atoms with E-state index in [0.29, 0.717) is 18.0 Å². The Morgan fingerprint density at radius 2 is 2.28 bits per heavy atom. The number of anilines is 1. The first-order valence-corrected chi connectivity index (χ1v) is 5.49. The Bertz CT molecular complexity index is 636. The average molecular weight is 247 g/mol. The number of nitrogens with zero attached hydrogens (tertiary/aromatic N) is 3. The van der Waals surface area contributed by atoms with Crippen LogP contribution in [-0.2, 0) is 4.79 Å². The molecule has 6 nitrogen and oxygen atoms in total. The van der Waals surface area contributed by atoms with E-state index in [2.05, 4.69) is 4.98 Å². The predicted molar refractivity (Wildman–Crippen MR) is 67.0 cm³/mol. The molecule has 6 heteroatoms. The normalized spacial score (nSPS) is 10.5. The molecule has 0 aromatic carbocycles. The molecule has 2 heterocycles. The Morgan fingerprint density at radius 1 is 1.50 bits per heavy atom. The van der Waals surface area contributed by atoms with Crippen molar-refractivity contribution in [1.82, 2.24) is 9.38 Å². The third-order valence-electron chi connectivity index (χ3n) is 2.61. The van der Waals surface area contributed by atoms with Gasteiger partial charge < -0.3 is 10.0 Å². The summed E-state index contributed by atoms with van der Waals surface area (Å²) in [5.74, 6) is -0.396. The maximum Gasteiger partial charge on any atom is 0.305 e. The van der Waals surface area contributed by atoms with E-state index in [4.69, 9.17) is 5.11 Å².